The van der Waals surface area contributed by atoms with Crippen LogP contribution in [0.5, 0.6) is 5.75 Å². The molecule has 0 aliphatic carbocycles. The molecule has 114 valence electrons. The molecule has 0 bridgehead atoms. The molecule has 0 aliphatic heterocycles. The number of aldehydes is 1. The number of carbonyl (C=O) groups excluding carboxylic acids is 1. The molecule has 4 nitrogen and oxygen atoms in total. The maximum Gasteiger partial charge on any atom is 0.195 e. The number of fused-ring (bicyclic) bond motifs is 1. The summed E-state index contributed by atoms with van der Waals surface area (Å²) in [7, 11) is 0. The number of ether oxygens (including phenoxy) is 1. The molecular weight excluding hydrogens is 296 g/mol. The number of thiazole rings is 1. The molecule has 0 spiro atoms. The Hall–Kier alpha value is -2.14. The largest absolute Gasteiger partial charge is 0.491 e. The van der Waals surface area contributed by atoms with E-state index in [0.29, 0.717) is 5.69 Å². The van der Waals surface area contributed by atoms with Crippen LogP contribution in [0.25, 0.3) is 16.2 Å². The van der Waals surface area contributed by atoms with E-state index in [1.165, 1.54) is 0 Å². The second-order valence-electron chi connectivity index (χ2n) is 5.52. The molecule has 1 aromatic carbocycles. The molecule has 0 aliphatic rings. The van der Waals surface area contributed by atoms with Gasteiger partial charge in [-0.25, -0.2) is 4.98 Å². The van der Waals surface area contributed by atoms with Gasteiger partial charge in [-0.15, -0.1) is 11.3 Å². The number of hydrogen-bond donors (Lipinski definition) is 0. The fraction of sp³-hybridized carbons (Fsp3) is 0.294. The maximum absolute atomic E-state index is 11.4. The highest BCUT2D eigenvalue weighted by Gasteiger charge is 2.17. The van der Waals surface area contributed by atoms with Crippen molar-refractivity contribution in [3.05, 3.63) is 40.5 Å². The minimum atomic E-state index is 0.151. The van der Waals surface area contributed by atoms with Gasteiger partial charge in [0.2, 0.25) is 0 Å². The van der Waals surface area contributed by atoms with Crippen LogP contribution in [0.2, 0.25) is 0 Å². The van der Waals surface area contributed by atoms with Crippen molar-refractivity contribution in [2.45, 2.75) is 33.8 Å². The lowest BCUT2D eigenvalue weighted by molar-refractivity contribution is 0.111. The van der Waals surface area contributed by atoms with Crippen molar-refractivity contribution < 1.29 is 9.53 Å². The number of rotatable bonds is 4. The minimum absolute atomic E-state index is 0.151. The normalized spacial score (nSPS) is 11.3. The summed E-state index contributed by atoms with van der Waals surface area (Å²) in [5.41, 5.74) is 3.47. The highest BCUT2D eigenvalue weighted by atomic mass is 32.1. The topological polar surface area (TPSA) is 43.6 Å². The average molecular weight is 314 g/mol. The Labute approximate surface area is 133 Å². The summed E-state index contributed by atoms with van der Waals surface area (Å²) in [6, 6.07) is 7.97. The monoisotopic (exact) mass is 314 g/mol. The van der Waals surface area contributed by atoms with E-state index in [0.717, 1.165) is 38.8 Å². The van der Waals surface area contributed by atoms with Gasteiger partial charge in [0.25, 0.3) is 0 Å². The Bertz CT molecular complexity index is 829. The van der Waals surface area contributed by atoms with Crippen molar-refractivity contribution in [1.29, 1.82) is 0 Å². The first-order valence-corrected chi connectivity index (χ1v) is 8.03. The molecule has 0 radical (unpaired) electrons. The third kappa shape index (κ3) is 2.41. The van der Waals surface area contributed by atoms with E-state index in [4.69, 9.17) is 4.74 Å². The van der Waals surface area contributed by atoms with Gasteiger partial charge >= 0.3 is 0 Å². The van der Waals surface area contributed by atoms with Crippen molar-refractivity contribution in [3.63, 3.8) is 0 Å². The quantitative estimate of drug-likeness (QED) is 0.675. The van der Waals surface area contributed by atoms with Gasteiger partial charge in [0.05, 0.1) is 17.5 Å². The van der Waals surface area contributed by atoms with Gasteiger partial charge < -0.3 is 4.74 Å². The number of aromatic nitrogens is 2. The lowest BCUT2D eigenvalue weighted by atomic mass is 10.1. The summed E-state index contributed by atoms with van der Waals surface area (Å²) in [5, 5.41) is 0. The second kappa shape index (κ2) is 5.57. The van der Waals surface area contributed by atoms with Crippen molar-refractivity contribution in [3.8, 4) is 17.0 Å². The number of imidazole rings is 1. The molecule has 3 aromatic rings. The Morgan fingerprint density at radius 1 is 1.23 bits per heavy atom. The average Bonchev–Trinajstić information content (AvgIpc) is 2.92. The van der Waals surface area contributed by atoms with E-state index in [2.05, 4.69) is 11.9 Å². The zero-order valence-electron chi connectivity index (χ0n) is 13.1. The van der Waals surface area contributed by atoms with Gasteiger partial charge in [-0.05, 0) is 57.5 Å². The molecule has 2 heterocycles. The molecule has 0 saturated carbocycles. The SMILES string of the molecule is Cc1nc2sc(C)c(-c3ccc(OC(C)C)cc3)n2c1C=O. The molecule has 0 fully saturated rings. The van der Waals surface area contributed by atoms with Crippen LogP contribution in [0.1, 0.15) is 34.9 Å². The predicted molar refractivity (Wildman–Crippen MR) is 89.1 cm³/mol. The number of hydrogen-bond acceptors (Lipinski definition) is 4. The standard InChI is InChI=1S/C17H18N2O2S/c1-10(2)21-14-7-5-13(6-8-14)16-12(4)22-17-18-11(3)15(9-20)19(16)17/h5-10H,1-4H3. The van der Waals surface area contributed by atoms with Crippen LogP contribution in [0.3, 0.4) is 0 Å². The second-order valence-corrected chi connectivity index (χ2v) is 6.70. The van der Waals surface area contributed by atoms with Crippen LogP contribution in [-0.4, -0.2) is 21.8 Å². The van der Waals surface area contributed by atoms with Crippen LogP contribution in [0.4, 0.5) is 0 Å². The Kier molecular flexibility index (Phi) is 3.74. The van der Waals surface area contributed by atoms with E-state index in [-0.39, 0.29) is 6.10 Å². The third-order valence-corrected chi connectivity index (χ3v) is 4.43. The fourth-order valence-corrected chi connectivity index (χ4v) is 3.62. The summed E-state index contributed by atoms with van der Waals surface area (Å²) < 4.78 is 7.63. The van der Waals surface area contributed by atoms with Crippen molar-refractivity contribution in [1.82, 2.24) is 9.38 Å². The minimum Gasteiger partial charge on any atom is -0.491 e. The molecule has 0 unspecified atom stereocenters. The van der Waals surface area contributed by atoms with Crippen LogP contribution < -0.4 is 4.74 Å². The third-order valence-electron chi connectivity index (χ3n) is 3.48. The zero-order valence-corrected chi connectivity index (χ0v) is 13.9. The number of benzene rings is 1. The van der Waals surface area contributed by atoms with Gasteiger partial charge in [-0.3, -0.25) is 9.20 Å². The number of nitrogens with zero attached hydrogens (tertiary/aromatic N) is 2. The van der Waals surface area contributed by atoms with Crippen LogP contribution in [0.15, 0.2) is 24.3 Å². The van der Waals surface area contributed by atoms with Crippen LogP contribution in [-0.2, 0) is 0 Å². The van der Waals surface area contributed by atoms with Crippen LogP contribution >= 0.6 is 11.3 Å². The first-order chi connectivity index (χ1) is 10.5. The molecule has 0 atom stereocenters. The summed E-state index contributed by atoms with van der Waals surface area (Å²) in [5.74, 6) is 0.847. The highest BCUT2D eigenvalue weighted by molar-refractivity contribution is 7.17. The summed E-state index contributed by atoms with van der Waals surface area (Å²) in [6.07, 6.45) is 1.03. The zero-order chi connectivity index (χ0) is 15.9. The number of aryl methyl sites for hydroxylation is 2. The molecule has 22 heavy (non-hydrogen) atoms. The van der Waals surface area contributed by atoms with Crippen molar-refractivity contribution in [2.75, 3.05) is 0 Å². The first kappa shape index (κ1) is 14.8. The van der Waals surface area contributed by atoms with Gasteiger partial charge in [-0.1, -0.05) is 0 Å². The highest BCUT2D eigenvalue weighted by Crippen LogP contribution is 2.33. The lowest BCUT2D eigenvalue weighted by Gasteiger charge is -2.10. The van der Waals surface area contributed by atoms with E-state index in [1.54, 1.807) is 11.3 Å². The molecule has 2 aromatic heterocycles. The first-order valence-electron chi connectivity index (χ1n) is 7.22. The Morgan fingerprint density at radius 2 is 1.91 bits per heavy atom. The van der Waals surface area contributed by atoms with E-state index >= 15 is 0 Å². The summed E-state index contributed by atoms with van der Waals surface area (Å²) in [4.78, 5) is 17.9. The van der Waals surface area contributed by atoms with Gasteiger partial charge in [0.1, 0.15) is 11.4 Å². The summed E-state index contributed by atoms with van der Waals surface area (Å²) in [6.45, 7) is 7.93. The fourth-order valence-electron chi connectivity index (χ4n) is 2.58. The van der Waals surface area contributed by atoms with Crippen LogP contribution in [0, 0.1) is 13.8 Å². The lowest BCUT2D eigenvalue weighted by Crippen LogP contribution is -2.05. The summed E-state index contributed by atoms with van der Waals surface area (Å²) >= 11 is 1.60. The molecule has 0 saturated heterocycles. The van der Waals surface area contributed by atoms with E-state index in [9.17, 15) is 4.79 Å². The van der Waals surface area contributed by atoms with E-state index in [1.807, 2.05) is 49.4 Å². The number of carbonyl (C=O) groups is 1. The smallest absolute Gasteiger partial charge is 0.195 e. The molecule has 0 N–H and O–H groups in total. The van der Waals surface area contributed by atoms with Gasteiger partial charge in [-0.2, -0.15) is 0 Å². The molecule has 5 heteroatoms. The molecule has 3 rings (SSSR count). The molecular formula is C17H18N2O2S. The predicted octanol–water partition coefficient (Wildman–Crippen LogP) is 4.28. The maximum atomic E-state index is 11.4. The van der Waals surface area contributed by atoms with E-state index < -0.39 is 0 Å². The van der Waals surface area contributed by atoms with Crippen molar-refractivity contribution >= 4 is 22.6 Å². The molecule has 0 amide bonds. The van der Waals surface area contributed by atoms with Crippen molar-refractivity contribution in [2.24, 2.45) is 0 Å². The van der Waals surface area contributed by atoms with Gasteiger partial charge in [0, 0.05) is 4.88 Å². The Balaban J connectivity index is 2.13. The Morgan fingerprint density at radius 3 is 2.50 bits per heavy atom. The van der Waals surface area contributed by atoms with Gasteiger partial charge in [0.15, 0.2) is 11.2 Å².